The highest BCUT2D eigenvalue weighted by molar-refractivity contribution is 5.97. The summed E-state index contributed by atoms with van der Waals surface area (Å²) in [5, 5.41) is 13.3. The number of carbonyl (C=O) groups excluding carboxylic acids is 1. The van der Waals surface area contributed by atoms with Gasteiger partial charge >= 0.3 is 6.09 Å². The van der Waals surface area contributed by atoms with Crippen molar-refractivity contribution in [1.82, 2.24) is 34.2 Å². The van der Waals surface area contributed by atoms with Gasteiger partial charge in [-0.15, -0.1) is 0 Å². The molecular weight excluding hydrogens is 472 g/mol. The first-order valence-corrected chi connectivity index (χ1v) is 12.8. The lowest BCUT2D eigenvalue weighted by Gasteiger charge is -2.38. The van der Waals surface area contributed by atoms with Crippen LogP contribution in [0.15, 0.2) is 30.6 Å². The van der Waals surface area contributed by atoms with Gasteiger partial charge in [-0.05, 0) is 37.5 Å². The third-order valence-corrected chi connectivity index (χ3v) is 7.32. The van der Waals surface area contributed by atoms with Gasteiger partial charge in [-0.25, -0.2) is 14.8 Å². The van der Waals surface area contributed by atoms with Crippen molar-refractivity contribution in [3.8, 4) is 0 Å². The molecule has 2 aliphatic rings. The van der Waals surface area contributed by atoms with Crippen molar-refractivity contribution in [2.45, 2.75) is 51.2 Å². The van der Waals surface area contributed by atoms with Gasteiger partial charge in [0, 0.05) is 70.1 Å². The number of hydrogen-bond acceptors (Lipinski definition) is 7. The van der Waals surface area contributed by atoms with Crippen molar-refractivity contribution >= 4 is 34.8 Å². The van der Waals surface area contributed by atoms with E-state index in [1.165, 1.54) is 4.90 Å². The Hall–Kier alpha value is -3.73. The smallest absolute Gasteiger partial charge is 0.407 e. The van der Waals surface area contributed by atoms with Gasteiger partial charge < -0.3 is 24.8 Å². The third-order valence-electron chi connectivity index (χ3n) is 7.32. The van der Waals surface area contributed by atoms with Crippen LogP contribution in [0.2, 0.25) is 0 Å². The number of aromatic nitrogens is 4. The Bertz CT molecular complexity index is 1280. The molecule has 4 heterocycles. The Morgan fingerprint density at radius 2 is 1.92 bits per heavy atom. The van der Waals surface area contributed by atoms with E-state index in [1.54, 1.807) is 25.2 Å². The van der Waals surface area contributed by atoms with Crippen LogP contribution in [-0.2, 0) is 6.54 Å². The highest BCUT2D eigenvalue weighted by Gasteiger charge is 2.28. The molecular formula is C26H34N8O3. The Balaban J connectivity index is 1.31. The normalized spacial score (nSPS) is 18.9. The maximum Gasteiger partial charge on any atom is 0.407 e. The lowest BCUT2D eigenvalue weighted by Crippen LogP contribution is -2.53. The van der Waals surface area contributed by atoms with Crippen LogP contribution in [0, 0.1) is 0 Å². The summed E-state index contributed by atoms with van der Waals surface area (Å²) in [5.74, 6) is 1.04. The van der Waals surface area contributed by atoms with Crippen molar-refractivity contribution in [3.05, 3.63) is 41.9 Å². The Labute approximate surface area is 216 Å². The Kier molecular flexibility index (Phi) is 6.96. The molecule has 2 N–H and O–H groups in total. The molecule has 0 radical (unpaired) electrons. The number of piperazine rings is 1. The summed E-state index contributed by atoms with van der Waals surface area (Å²) < 4.78 is 2.10. The van der Waals surface area contributed by atoms with Gasteiger partial charge in [0.15, 0.2) is 0 Å². The molecule has 196 valence electrons. The van der Waals surface area contributed by atoms with Crippen LogP contribution >= 0.6 is 0 Å². The second-order valence-electron chi connectivity index (χ2n) is 10.2. The van der Waals surface area contributed by atoms with Gasteiger partial charge in [0.05, 0.1) is 0 Å². The molecule has 1 aliphatic carbocycles. The summed E-state index contributed by atoms with van der Waals surface area (Å²) in [4.78, 5) is 43.3. The molecule has 37 heavy (non-hydrogen) atoms. The van der Waals surface area contributed by atoms with E-state index in [-0.39, 0.29) is 18.0 Å². The fourth-order valence-corrected chi connectivity index (χ4v) is 5.42. The fraction of sp³-hybridized carbons (Fsp3) is 0.500. The number of nitrogens with zero attached hydrogens (tertiary/aromatic N) is 7. The second kappa shape index (κ2) is 10.3. The molecule has 1 saturated heterocycles. The molecule has 2 amide bonds. The molecule has 1 atom stereocenters. The van der Waals surface area contributed by atoms with Crippen LogP contribution in [-0.4, -0.2) is 91.1 Å². The second-order valence-corrected chi connectivity index (χ2v) is 10.2. The molecule has 3 aromatic rings. The van der Waals surface area contributed by atoms with Gasteiger partial charge in [-0.1, -0.05) is 18.9 Å². The minimum Gasteiger partial charge on any atom is -0.465 e. The summed E-state index contributed by atoms with van der Waals surface area (Å²) in [5.41, 5.74) is 2.47. The fourth-order valence-electron chi connectivity index (χ4n) is 5.42. The first kappa shape index (κ1) is 24.9. The predicted molar refractivity (Wildman–Crippen MR) is 140 cm³/mol. The number of anilines is 2. The van der Waals surface area contributed by atoms with E-state index < -0.39 is 6.09 Å². The summed E-state index contributed by atoms with van der Waals surface area (Å²) in [6, 6.07) is 6.03. The molecule has 0 aromatic carbocycles. The molecule has 2 fully saturated rings. The lowest BCUT2D eigenvalue weighted by atomic mass is 10.1. The molecule has 1 unspecified atom stereocenters. The summed E-state index contributed by atoms with van der Waals surface area (Å²) >= 11 is 0. The molecule has 11 heteroatoms. The number of nitrogens with one attached hydrogen (secondary N) is 1. The van der Waals surface area contributed by atoms with Crippen molar-refractivity contribution in [3.63, 3.8) is 0 Å². The summed E-state index contributed by atoms with van der Waals surface area (Å²) in [6.45, 7) is 4.55. The average molecular weight is 507 g/mol. The summed E-state index contributed by atoms with van der Waals surface area (Å²) in [7, 11) is 3.53. The number of carbonyl (C=O) groups is 2. The number of pyridine rings is 1. The van der Waals surface area contributed by atoms with Crippen molar-refractivity contribution in [2.75, 3.05) is 39.0 Å². The van der Waals surface area contributed by atoms with Gasteiger partial charge in [0.2, 0.25) is 5.95 Å². The molecule has 1 aliphatic heterocycles. The zero-order chi connectivity index (χ0) is 26.1. The Morgan fingerprint density at radius 1 is 1.14 bits per heavy atom. The first-order chi connectivity index (χ1) is 17.8. The third kappa shape index (κ3) is 5.22. The van der Waals surface area contributed by atoms with Crippen LogP contribution in [0.3, 0.4) is 0 Å². The van der Waals surface area contributed by atoms with Crippen molar-refractivity contribution in [1.29, 1.82) is 0 Å². The molecule has 1 saturated carbocycles. The lowest BCUT2D eigenvalue weighted by molar-refractivity contribution is 0.0710. The molecule has 11 nitrogen and oxygen atoms in total. The molecule has 5 rings (SSSR count). The van der Waals surface area contributed by atoms with E-state index in [0.29, 0.717) is 43.6 Å². The molecule has 3 aromatic heterocycles. The van der Waals surface area contributed by atoms with Gasteiger partial charge in [0.1, 0.15) is 17.2 Å². The average Bonchev–Trinajstić information content (AvgIpc) is 3.52. The van der Waals surface area contributed by atoms with Gasteiger partial charge in [-0.3, -0.25) is 9.69 Å². The van der Waals surface area contributed by atoms with Crippen LogP contribution in [0.1, 0.15) is 54.7 Å². The minimum atomic E-state index is -0.860. The van der Waals surface area contributed by atoms with Crippen LogP contribution in [0.4, 0.5) is 16.6 Å². The first-order valence-electron chi connectivity index (χ1n) is 12.8. The highest BCUT2D eigenvalue weighted by Crippen LogP contribution is 2.35. The Morgan fingerprint density at radius 3 is 2.57 bits per heavy atom. The monoisotopic (exact) mass is 506 g/mol. The van der Waals surface area contributed by atoms with Gasteiger partial charge in [-0.2, -0.15) is 4.98 Å². The van der Waals surface area contributed by atoms with E-state index in [9.17, 15) is 14.7 Å². The predicted octanol–water partition coefficient (Wildman–Crippen LogP) is 3.57. The molecule has 0 bridgehead atoms. The zero-order valence-corrected chi connectivity index (χ0v) is 21.6. The van der Waals surface area contributed by atoms with Crippen LogP contribution in [0.25, 0.3) is 11.0 Å². The largest absolute Gasteiger partial charge is 0.465 e. The number of carboxylic acid groups (broad SMARTS) is 1. The number of amides is 2. The van der Waals surface area contributed by atoms with E-state index in [4.69, 9.17) is 4.98 Å². The number of hydrogen-bond donors (Lipinski definition) is 2. The van der Waals surface area contributed by atoms with E-state index in [2.05, 4.69) is 24.8 Å². The molecule has 0 spiro atoms. The zero-order valence-electron chi connectivity index (χ0n) is 21.6. The van der Waals surface area contributed by atoms with E-state index >= 15 is 0 Å². The van der Waals surface area contributed by atoms with Crippen molar-refractivity contribution in [2.24, 2.45) is 0 Å². The minimum absolute atomic E-state index is 0.0320. The van der Waals surface area contributed by atoms with Crippen LogP contribution < -0.4 is 5.32 Å². The number of fused-ring (bicyclic) bond motifs is 1. The highest BCUT2D eigenvalue weighted by atomic mass is 16.4. The van der Waals surface area contributed by atoms with Crippen molar-refractivity contribution < 1.29 is 14.7 Å². The standard InChI is InChI=1S/C26H34N8O3/c1-17-15-32(10-11-33(17)26(36)37)16-18-8-9-22(27-13-18)29-25-28-14-19-12-21(24(35)31(2)3)34(23(19)30-25)20-6-4-5-7-20/h8-9,12-14,17,20H,4-7,10-11,15-16H2,1-3H3,(H,36,37)(H,27,28,29,30). The topological polar surface area (TPSA) is 120 Å². The SMILES string of the molecule is CC1CN(Cc2ccc(Nc3ncc4cc(C(=O)N(C)C)n(C5CCCC5)c4n3)nc2)CCN1C(=O)O. The number of rotatable bonds is 6. The summed E-state index contributed by atoms with van der Waals surface area (Å²) in [6.07, 6.45) is 7.11. The maximum atomic E-state index is 12.9. The quantitative estimate of drug-likeness (QED) is 0.521. The van der Waals surface area contributed by atoms with Gasteiger partial charge in [0.25, 0.3) is 5.91 Å². The maximum absolute atomic E-state index is 12.9. The van der Waals surface area contributed by atoms with E-state index in [1.807, 2.05) is 31.3 Å². The van der Waals surface area contributed by atoms with E-state index in [0.717, 1.165) is 42.3 Å². The van der Waals surface area contributed by atoms with Crippen LogP contribution in [0.5, 0.6) is 0 Å².